The molecule has 2 N–H and O–H groups in total. The van der Waals surface area contributed by atoms with Crippen molar-refractivity contribution in [3.8, 4) is 0 Å². The Kier molecular flexibility index (Phi) is 4.80. The molecule has 0 atom stereocenters. The van der Waals surface area contributed by atoms with Gasteiger partial charge >= 0.3 is 0 Å². The van der Waals surface area contributed by atoms with E-state index in [9.17, 15) is 0 Å². The summed E-state index contributed by atoms with van der Waals surface area (Å²) >= 11 is 0. The Labute approximate surface area is 151 Å². The lowest BCUT2D eigenvalue weighted by atomic mass is 9.97. The lowest BCUT2D eigenvalue weighted by Gasteiger charge is -2.21. The average Bonchev–Trinajstić information content (AvgIpc) is 3.36. The fourth-order valence-electron chi connectivity index (χ4n) is 2.81. The minimum atomic E-state index is 0.714. The van der Waals surface area contributed by atoms with E-state index >= 15 is 0 Å². The van der Waals surface area contributed by atoms with E-state index in [1.54, 1.807) is 12.5 Å². The van der Waals surface area contributed by atoms with Crippen LogP contribution in [0, 0.1) is 0 Å². The summed E-state index contributed by atoms with van der Waals surface area (Å²) in [5, 5.41) is 8.09. The molecular weight excluding hydrogens is 326 g/mol. The Balaban J connectivity index is 1.71. The molecule has 1 aliphatic rings. The van der Waals surface area contributed by atoms with E-state index in [4.69, 9.17) is 8.83 Å². The molecule has 0 bridgehead atoms. The fourth-order valence-corrected chi connectivity index (χ4v) is 2.81. The van der Waals surface area contributed by atoms with Gasteiger partial charge in [-0.3, -0.25) is 5.43 Å². The number of nitrogens with one attached hydrogen (secondary N) is 2. The summed E-state index contributed by atoms with van der Waals surface area (Å²) in [5.41, 5.74) is 7.08. The molecule has 2 aromatic heterocycles. The van der Waals surface area contributed by atoms with Crippen molar-refractivity contribution in [1.29, 1.82) is 0 Å². The molecule has 5 nitrogen and oxygen atoms in total. The quantitative estimate of drug-likeness (QED) is 0.688. The van der Waals surface area contributed by atoms with E-state index in [-0.39, 0.29) is 0 Å². The summed E-state index contributed by atoms with van der Waals surface area (Å²) in [5.74, 6) is 1.60. The molecule has 0 spiro atoms. The molecule has 1 aromatic carbocycles. The summed E-state index contributed by atoms with van der Waals surface area (Å²) in [7, 11) is 0. The van der Waals surface area contributed by atoms with E-state index in [0.717, 1.165) is 34.1 Å². The highest BCUT2D eigenvalue weighted by Crippen LogP contribution is 2.20. The van der Waals surface area contributed by atoms with Gasteiger partial charge in [0.15, 0.2) is 0 Å². The van der Waals surface area contributed by atoms with Crippen molar-refractivity contribution in [3.63, 3.8) is 0 Å². The van der Waals surface area contributed by atoms with Crippen LogP contribution in [0.3, 0.4) is 0 Å². The molecule has 1 saturated heterocycles. The molecular formula is C21H19N3O2. The maximum absolute atomic E-state index is 5.47. The van der Waals surface area contributed by atoms with Crippen molar-refractivity contribution in [3.05, 3.63) is 89.8 Å². The SMILES string of the molecule is C(=C1/CNC/C(=C\c2ccco2)C1=NNc1ccccc1)/c1ccco1. The summed E-state index contributed by atoms with van der Waals surface area (Å²) < 4.78 is 10.9. The van der Waals surface area contributed by atoms with Crippen LogP contribution in [0.15, 0.2) is 92.2 Å². The van der Waals surface area contributed by atoms with Crippen molar-refractivity contribution < 1.29 is 8.83 Å². The summed E-state index contributed by atoms with van der Waals surface area (Å²) in [4.78, 5) is 0. The zero-order valence-corrected chi connectivity index (χ0v) is 14.2. The first-order valence-corrected chi connectivity index (χ1v) is 8.47. The van der Waals surface area contributed by atoms with Gasteiger partial charge in [0.05, 0.1) is 23.9 Å². The molecule has 0 aliphatic carbocycles. The van der Waals surface area contributed by atoms with Gasteiger partial charge in [-0.05, 0) is 59.7 Å². The number of para-hydroxylation sites is 1. The first-order chi connectivity index (χ1) is 12.9. The van der Waals surface area contributed by atoms with E-state index in [1.807, 2.05) is 66.7 Å². The number of piperidine rings is 1. The van der Waals surface area contributed by atoms with Crippen LogP contribution in [0.4, 0.5) is 5.69 Å². The molecule has 0 unspecified atom stereocenters. The number of hydrogen-bond acceptors (Lipinski definition) is 5. The van der Waals surface area contributed by atoms with Crippen LogP contribution in [0.25, 0.3) is 12.2 Å². The maximum atomic E-state index is 5.47. The zero-order chi connectivity index (χ0) is 17.6. The number of nitrogens with zero attached hydrogens (tertiary/aromatic N) is 1. The van der Waals surface area contributed by atoms with Crippen LogP contribution < -0.4 is 10.7 Å². The first-order valence-electron chi connectivity index (χ1n) is 8.47. The van der Waals surface area contributed by atoms with Gasteiger partial charge in [0.25, 0.3) is 0 Å². The molecule has 26 heavy (non-hydrogen) atoms. The van der Waals surface area contributed by atoms with Crippen LogP contribution in [0.5, 0.6) is 0 Å². The Morgan fingerprint density at radius 2 is 1.42 bits per heavy atom. The van der Waals surface area contributed by atoms with Gasteiger partial charge in [0.1, 0.15) is 11.5 Å². The summed E-state index contributed by atoms with van der Waals surface area (Å²) in [6.45, 7) is 1.43. The second-order valence-electron chi connectivity index (χ2n) is 5.91. The Hall–Kier alpha value is -3.31. The summed E-state index contributed by atoms with van der Waals surface area (Å²) in [6, 6.07) is 17.5. The van der Waals surface area contributed by atoms with E-state index in [1.165, 1.54) is 0 Å². The molecule has 1 aliphatic heterocycles. The molecule has 1 fully saturated rings. The molecule has 0 amide bonds. The van der Waals surface area contributed by atoms with Crippen molar-refractivity contribution in [2.24, 2.45) is 5.10 Å². The minimum Gasteiger partial charge on any atom is -0.465 e. The average molecular weight is 345 g/mol. The van der Waals surface area contributed by atoms with Gasteiger partial charge < -0.3 is 14.2 Å². The van der Waals surface area contributed by atoms with Gasteiger partial charge in [0, 0.05) is 13.1 Å². The molecule has 130 valence electrons. The predicted octanol–water partition coefficient (Wildman–Crippen LogP) is 4.41. The molecule has 0 radical (unpaired) electrons. The third kappa shape index (κ3) is 3.84. The van der Waals surface area contributed by atoms with Crippen LogP contribution in [0.2, 0.25) is 0 Å². The van der Waals surface area contributed by atoms with Crippen LogP contribution in [-0.4, -0.2) is 18.8 Å². The van der Waals surface area contributed by atoms with Gasteiger partial charge in [-0.15, -0.1) is 0 Å². The second kappa shape index (κ2) is 7.72. The Bertz CT molecular complexity index is 867. The highest BCUT2D eigenvalue weighted by atomic mass is 16.3. The monoisotopic (exact) mass is 345 g/mol. The van der Waals surface area contributed by atoms with E-state index < -0.39 is 0 Å². The first kappa shape index (κ1) is 16.2. The van der Waals surface area contributed by atoms with Crippen LogP contribution in [-0.2, 0) is 0 Å². The fraction of sp³-hybridized carbons (Fsp3) is 0.0952. The molecule has 3 heterocycles. The lowest BCUT2D eigenvalue weighted by Crippen LogP contribution is -2.33. The van der Waals surface area contributed by atoms with Crippen LogP contribution >= 0.6 is 0 Å². The van der Waals surface area contributed by atoms with Crippen LogP contribution in [0.1, 0.15) is 11.5 Å². The van der Waals surface area contributed by atoms with Crippen molar-refractivity contribution in [2.45, 2.75) is 0 Å². The molecule has 5 heteroatoms. The van der Waals surface area contributed by atoms with Crippen molar-refractivity contribution in [2.75, 3.05) is 18.5 Å². The molecule has 4 rings (SSSR count). The predicted molar refractivity (Wildman–Crippen MR) is 104 cm³/mol. The maximum Gasteiger partial charge on any atom is 0.127 e. The van der Waals surface area contributed by atoms with E-state index in [2.05, 4.69) is 15.8 Å². The number of rotatable bonds is 4. The molecule has 0 saturated carbocycles. The van der Waals surface area contributed by atoms with Crippen molar-refractivity contribution in [1.82, 2.24) is 5.32 Å². The third-order valence-electron chi connectivity index (χ3n) is 4.03. The van der Waals surface area contributed by atoms with E-state index in [0.29, 0.717) is 13.1 Å². The third-order valence-corrected chi connectivity index (χ3v) is 4.03. The number of anilines is 1. The molecule has 3 aromatic rings. The lowest BCUT2D eigenvalue weighted by molar-refractivity contribution is 0.556. The largest absolute Gasteiger partial charge is 0.465 e. The number of furan rings is 2. The number of hydrazone groups is 1. The normalized spacial score (nSPS) is 17.6. The smallest absolute Gasteiger partial charge is 0.127 e. The Morgan fingerprint density at radius 1 is 0.808 bits per heavy atom. The second-order valence-corrected chi connectivity index (χ2v) is 5.91. The number of benzene rings is 1. The van der Waals surface area contributed by atoms with Gasteiger partial charge in [0.2, 0.25) is 0 Å². The zero-order valence-electron chi connectivity index (χ0n) is 14.2. The minimum absolute atomic E-state index is 0.714. The summed E-state index contributed by atoms with van der Waals surface area (Å²) in [6.07, 6.45) is 7.35. The number of hydrogen-bond donors (Lipinski definition) is 2. The Morgan fingerprint density at radius 3 is 1.96 bits per heavy atom. The van der Waals surface area contributed by atoms with Gasteiger partial charge in [-0.2, -0.15) is 5.10 Å². The topological polar surface area (TPSA) is 62.7 Å². The highest BCUT2D eigenvalue weighted by Gasteiger charge is 2.19. The van der Waals surface area contributed by atoms with Crippen molar-refractivity contribution >= 4 is 23.6 Å². The van der Waals surface area contributed by atoms with Gasteiger partial charge in [-0.1, -0.05) is 18.2 Å². The van der Waals surface area contributed by atoms with Gasteiger partial charge in [-0.25, -0.2) is 0 Å². The standard InChI is InChI=1S/C21H19N3O2/c1-2-6-18(7-3-1)23-24-21-16(12-19-8-4-10-25-19)14-22-15-17(21)13-20-9-5-11-26-20/h1-13,22-23H,14-15H2/b16-12+,17-13+. The highest BCUT2D eigenvalue weighted by molar-refractivity contribution is 6.18.